The molecule has 1 saturated heterocycles. The minimum atomic E-state index is -3.93. The number of carbonyl (C=O) groups is 2. The Morgan fingerprint density at radius 1 is 1.29 bits per heavy atom. The van der Waals surface area contributed by atoms with Crippen LogP contribution in [0.1, 0.15) is 33.6 Å². The Balaban J connectivity index is 2.20. The predicted octanol–water partition coefficient (Wildman–Crippen LogP) is 0.778. The van der Waals surface area contributed by atoms with Crippen molar-refractivity contribution in [3.05, 3.63) is 35.4 Å². The molecule has 0 amide bonds. The number of alkyl halides is 1. The third-order valence-electron chi connectivity index (χ3n) is 3.62. The lowest BCUT2D eigenvalue weighted by molar-refractivity contribution is 0.0971. The van der Waals surface area contributed by atoms with Crippen LogP contribution in [-0.2, 0) is 25.4 Å². The maximum Gasteiger partial charge on any atom is 0.277 e. The Hall–Kier alpha value is -1.49. The van der Waals surface area contributed by atoms with Gasteiger partial charge < -0.3 is 4.55 Å². The van der Waals surface area contributed by atoms with Crippen LogP contribution in [0, 0.1) is 0 Å². The van der Waals surface area contributed by atoms with Gasteiger partial charge in [0, 0.05) is 11.1 Å². The fraction of sp³-hybridized carbons (Fsp3) is 0.429. The molecule has 0 N–H and O–H groups in total. The molecule has 0 saturated carbocycles. The molecule has 1 heterocycles. The zero-order chi connectivity index (χ0) is 17.9. The number of ketones is 2. The summed E-state index contributed by atoms with van der Waals surface area (Å²) in [4.78, 5) is 24.3. The molecule has 0 aliphatic carbocycles. The highest BCUT2D eigenvalue weighted by Gasteiger charge is 2.39. The van der Waals surface area contributed by atoms with E-state index in [1.165, 1.54) is 24.3 Å². The van der Waals surface area contributed by atoms with Crippen LogP contribution in [0.15, 0.2) is 24.3 Å². The Kier molecular flexibility index (Phi) is 5.97. The number of carbonyl (C=O) groups excluding carboxylic acids is 2. The molecule has 7 nitrogen and oxygen atoms in total. The van der Waals surface area contributed by atoms with Crippen molar-refractivity contribution in [3.63, 3.8) is 0 Å². The topological polar surface area (TPSA) is 118 Å². The summed E-state index contributed by atoms with van der Waals surface area (Å²) in [5.41, 5.74) is 0.0654. The zero-order valence-electron chi connectivity index (χ0n) is 12.3. The van der Waals surface area contributed by atoms with Crippen molar-refractivity contribution in [1.29, 1.82) is 0 Å². The lowest BCUT2D eigenvalue weighted by Crippen LogP contribution is -2.27. The Morgan fingerprint density at radius 2 is 1.88 bits per heavy atom. The van der Waals surface area contributed by atoms with E-state index in [1.54, 1.807) is 0 Å². The smallest absolute Gasteiger partial charge is 0.277 e. The fourth-order valence-corrected chi connectivity index (χ4v) is 4.21. The van der Waals surface area contributed by atoms with E-state index < -0.39 is 56.4 Å². The van der Waals surface area contributed by atoms with E-state index in [4.69, 9.17) is 0 Å². The van der Waals surface area contributed by atoms with Gasteiger partial charge >= 0.3 is 0 Å². The van der Waals surface area contributed by atoms with Crippen LogP contribution in [0.5, 0.6) is 0 Å². The number of rotatable bonds is 7. The van der Waals surface area contributed by atoms with E-state index in [2.05, 4.69) is 4.18 Å². The molecule has 1 aromatic rings. The van der Waals surface area contributed by atoms with Crippen LogP contribution >= 0.6 is 0 Å². The van der Waals surface area contributed by atoms with Gasteiger partial charge in [-0.2, -0.15) is 8.42 Å². The van der Waals surface area contributed by atoms with E-state index >= 15 is 0 Å². The molecular weight excluding hydrogens is 363 g/mol. The summed E-state index contributed by atoms with van der Waals surface area (Å²) in [6, 6.07) is 4.92. The van der Waals surface area contributed by atoms with Crippen LogP contribution in [0.25, 0.3) is 0 Å². The molecule has 24 heavy (non-hydrogen) atoms. The fourth-order valence-electron chi connectivity index (χ4n) is 2.34. The van der Waals surface area contributed by atoms with Gasteiger partial charge in [-0.15, -0.1) is 0 Å². The molecule has 10 heteroatoms. The molecule has 0 bridgehead atoms. The minimum absolute atomic E-state index is 0.000251. The van der Waals surface area contributed by atoms with Crippen LogP contribution in [0.4, 0.5) is 4.39 Å². The van der Waals surface area contributed by atoms with E-state index in [0.29, 0.717) is 0 Å². The largest absolute Gasteiger partial charge is 0.772 e. The Morgan fingerprint density at radius 3 is 2.33 bits per heavy atom. The van der Waals surface area contributed by atoms with Crippen LogP contribution < -0.4 is 0 Å². The summed E-state index contributed by atoms with van der Waals surface area (Å²) in [5.74, 6) is -1.43. The van der Waals surface area contributed by atoms with Crippen molar-refractivity contribution in [2.75, 3.05) is 13.3 Å². The maximum atomic E-state index is 12.4. The summed E-state index contributed by atoms with van der Waals surface area (Å²) in [6.07, 6.45) is -0.400. The van der Waals surface area contributed by atoms with Crippen molar-refractivity contribution < 1.29 is 35.3 Å². The summed E-state index contributed by atoms with van der Waals surface area (Å²) >= 11 is -2.76. The van der Waals surface area contributed by atoms with Crippen molar-refractivity contribution in [3.8, 4) is 0 Å². The highest BCUT2D eigenvalue weighted by Crippen LogP contribution is 2.22. The average Bonchev–Trinajstić information content (AvgIpc) is 2.90. The highest BCUT2D eigenvalue weighted by molar-refractivity contribution is 7.88. The number of hydrogen-bond donors (Lipinski definition) is 0. The van der Waals surface area contributed by atoms with E-state index in [0.717, 1.165) is 0 Å². The number of benzene rings is 1. The summed E-state index contributed by atoms with van der Waals surface area (Å²) in [5, 5.41) is -2.78. The second-order valence-electron chi connectivity index (χ2n) is 5.12. The van der Waals surface area contributed by atoms with Crippen molar-refractivity contribution in [2.24, 2.45) is 0 Å². The second kappa shape index (κ2) is 7.60. The van der Waals surface area contributed by atoms with Crippen LogP contribution in [-0.4, -0.2) is 52.5 Å². The summed E-state index contributed by atoms with van der Waals surface area (Å²) in [7, 11) is -3.93. The first-order valence-corrected chi connectivity index (χ1v) is 9.59. The standard InChI is InChI=1S/C14H15FO7S2/c15-7-5-11(23(18)19)13(16)9-1-3-10(4-2-9)14(17)12-6-8-22-24(12,20)21/h1-4,11-12H,5-8H2,(H,18,19)/p-1. The first kappa shape index (κ1) is 18.8. The maximum absolute atomic E-state index is 12.4. The van der Waals surface area contributed by atoms with Crippen molar-refractivity contribution in [1.82, 2.24) is 0 Å². The van der Waals surface area contributed by atoms with Gasteiger partial charge in [0.2, 0.25) is 0 Å². The normalized spacial score (nSPS) is 22.0. The van der Waals surface area contributed by atoms with Crippen molar-refractivity contribution >= 4 is 32.8 Å². The Labute approximate surface area is 140 Å². The Bertz CT molecular complexity index is 758. The molecule has 1 aromatic carbocycles. The monoisotopic (exact) mass is 377 g/mol. The van der Waals surface area contributed by atoms with E-state index in [1.807, 2.05) is 0 Å². The molecule has 0 spiro atoms. The first-order valence-electron chi connectivity index (χ1n) is 6.98. The number of halogens is 1. The number of Topliss-reactive ketones (excluding diaryl/α,β-unsaturated/α-hetero) is 2. The van der Waals surface area contributed by atoms with Gasteiger partial charge in [0.15, 0.2) is 16.8 Å². The molecule has 1 aliphatic heterocycles. The lowest BCUT2D eigenvalue weighted by Gasteiger charge is -2.17. The molecular formula is C14H14FO7S2-. The van der Waals surface area contributed by atoms with Gasteiger partial charge in [-0.25, -0.2) is 0 Å². The molecule has 1 fully saturated rings. The minimum Gasteiger partial charge on any atom is -0.772 e. The second-order valence-corrected chi connectivity index (χ2v) is 8.01. The lowest BCUT2D eigenvalue weighted by atomic mass is 10.0. The van der Waals surface area contributed by atoms with Crippen LogP contribution in [0.3, 0.4) is 0 Å². The number of hydrogen-bond acceptors (Lipinski definition) is 7. The van der Waals surface area contributed by atoms with Gasteiger partial charge in [-0.05, 0) is 23.9 Å². The van der Waals surface area contributed by atoms with Gasteiger partial charge in [0.1, 0.15) is 0 Å². The predicted molar refractivity (Wildman–Crippen MR) is 81.7 cm³/mol. The molecule has 132 valence electrons. The molecule has 3 unspecified atom stereocenters. The quantitative estimate of drug-likeness (QED) is 0.391. The average molecular weight is 377 g/mol. The van der Waals surface area contributed by atoms with Gasteiger partial charge in [-0.3, -0.25) is 22.4 Å². The third kappa shape index (κ3) is 3.94. The zero-order valence-corrected chi connectivity index (χ0v) is 14.0. The van der Waals surface area contributed by atoms with Gasteiger partial charge in [0.05, 0.1) is 18.5 Å². The first-order chi connectivity index (χ1) is 11.3. The molecule has 2 rings (SSSR count). The highest BCUT2D eigenvalue weighted by atomic mass is 32.2. The summed E-state index contributed by atoms with van der Waals surface area (Å²) < 4.78 is 62.1. The van der Waals surface area contributed by atoms with Crippen LogP contribution in [0.2, 0.25) is 0 Å². The van der Waals surface area contributed by atoms with E-state index in [-0.39, 0.29) is 24.2 Å². The SMILES string of the molecule is O=C(c1ccc(C(=O)C2CCOS2(=O)=O)cc1)C(CCF)S(=O)[O-]. The summed E-state index contributed by atoms with van der Waals surface area (Å²) in [6.45, 7) is -1.02. The van der Waals surface area contributed by atoms with Crippen molar-refractivity contribution in [2.45, 2.75) is 23.3 Å². The molecule has 3 atom stereocenters. The molecule has 1 aliphatic rings. The molecule has 0 radical (unpaired) electrons. The van der Waals surface area contributed by atoms with Gasteiger partial charge in [0.25, 0.3) is 10.1 Å². The van der Waals surface area contributed by atoms with Gasteiger partial charge in [-0.1, -0.05) is 24.3 Å². The third-order valence-corrected chi connectivity index (χ3v) is 6.17. The molecule has 0 aromatic heterocycles. The van der Waals surface area contributed by atoms with E-state index in [9.17, 15) is 31.2 Å².